The molecule has 0 aliphatic rings. The zero-order chi connectivity index (χ0) is 14.2. The zero-order valence-electron chi connectivity index (χ0n) is 11.5. The fourth-order valence-electron chi connectivity index (χ4n) is 1.94. The summed E-state index contributed by atoms with van der Waals surface area (Å²) >= 11 is 1.56. The molecule has 0 aliphatic carbocycles. The normalized spacial score (nSPS) is 11.6. The molecule has 0 saturated carbocycles. The molecular weight excluding hydrogens is 264 g/mol. The summed E-state index contributed by atoms with van der Waals surface area (Å²) in [6.07, 6.45) is 0. The van der Waals surface area contributed by atoms with Crippen LogP contribution in [0, 0.1) is 11.6 Å². The van der Waals surface area contributed by atoms with Gasteiger partial charge in [0, 0.05) is 16.9 Å². The Bertz CT molecular complexity index is 588. The number of rotatable bonds is 3. The largest absolute Gasteiger partial charge is 0.241 e. The lowest BCUT2D eigenvalue weighted by atomic mass is 9.95. The molecule has 0 radical (unpaired) electrons. The lowest BCUT2D eigenvalue weighted by molar-refractivity contribution is 0.506. The highest BCUT2D eigenvalue weighted by atomic mass is 32.1. The maximum atomic E-state index is 13.5. The van der Waals surface area contributed by atoms with E-state index in [1.807, 2.05) is 19.2 Å². The van der Waals surface area contributed by atoms with E-state index in [1.165, 1.54) is 12.1 Å². The van der Waals surface area contributed by atoms with E-state index in [0.717, 1.165) is 16.3 Å². The fourth-order valence-corrected chi connectivity index (χ4v) is 2.77. The first kappa shape index (κ1) is 14.1. The molecule has 1 nitrogen and oxygen atoms in total. The molecule has 19 heavy (non-hydrogen) atoms. The van der Waals surface area contributed by atoms with Crippen molar-refractivity contribution in [3.63, 3.8) is 0 Å². The number of nitrogens with zero attached hydrogens (tertiary/aromatic N) is 1. The van der Waals surface area contributed by atoms with Gasteiger partial charge in [-0.1, -0.05) is 27.7 Å². The summed E-state index contributed by atoms with van der Waals surface area (Å²) in [4.78, 5) is 4.52. The van der Waals surface area contributed by atoms with Gasteiger partial charge in [0.25, 0.3) is 0 Å². The average molecular weight is 281 g/mol. The number of halogens is 2. The van der Waals surface area contributed by atoms with Crippen molar-refractivity contribution >= 4 is 11.3 Å². The molecule has 0 fully saturated rings. The molecule has 0 bridgehead atoms. The van der Waals surface area contributed by atoms with E-state index in [0.29, 0.717) is 11.5 Å². The maximum absolute atomic E-state index is 13.5. The molecule has 1 aromatic carbocycles. The monoisotopic (exact) mass is 281 g/mol. The molecule has 0 N–H and O–H groups in total. The third kappa shape index (κ3) is 2.84. The summed E-state index contributed by atoms with van der Waals surface area (Å²) in [6, 6.07) is 2.54. The molecule has 2 rings (SSSR count). The van der Waals surface area contributed by atoms with Gasteiger partial charge in [-0.2, -0.15) is 0 Å². The highest BCUT2D eigenvalue weighted by Gasteiger charge is 2.16. The van der Waals surface area contributed by atoms with Crippen LogP contribution >= 0.6 is 11.3 Å². The van der Waals surface area contributed by atoms with Crippen molar-refractivity contribution in [2.45, 2.75) is 39.5 Å². The lowest BCUT2D eigenvalue weighted by Crippen LogP contribution is -1.97. The van der Waals surface area contributed by atoms with Crippen LogP contribution < -0.4 is 0 Å². The highest BCUT2D eigenvalue weighted by molar-refractivity contribution is 7.10. The Hall–Kier alpha value is -1.29. The predicted molar refractivity (Wildman–Crippen MR) is 75.6 cm³/mol. The minimum Gasteiger partial charge on any atom is -0.241 e. The minimum absolute atomic E-state index is 0.120. The molecule has 1 heterocycles. The molecule has 0 unspecified atom stereocenters. The third-order valence-electron chi connectivity index (χ3n) is 3.01. The average Bonchev–Trinajstić information content (AvgIpc) is 2.81. The lowest BCUT2D eigenvalue weighted by Gasteiger charge is -2.12. The standard InChI is InChI=1S/C15H17F2NS/c1-8(2)10-5-12(16)13(17)6-11(10)14-7-19-15(18-14)9(3)4/h5-9H,1-4H3. The molecule has 4 heteroatoms. The molecule has 2 aromatic rings. The molecule has 0 saturated heterocycles. The second-order valence-electron chi connectivity index (χ2n) is 5.23. The number of aromatic nitrogens is 1. The number of thiazole rings is 1. The molecule has 102 valence electrons. The van der Waals surface area contributed by atoms with Gasteiger partial charge in [0.05, 0.1) is 10.7 Å². The van der Waals surface area contributed by atoms with Crippen LogP contribution in [-0.4, -0.2) is 4.98 Å². The van der Waals surface area contributed by atoms with E-state index in [9.17, 15) is 8.78 Å². The van der Waals surface area contributed by atoms with E-state index >= 15 is 0 Å². The van der Waals surface area contributed by atoms with Crippen molar-refractivity contribution in [2.24, 2.45) is 0 Å². The first-order chi connectivity index (χ1) is 8.90. The Morgan fingerprint density at radius 3 is 2.16 bits per heavy atom. The number of benzene rings is 1. The molecular formula is C15H17F2NS. The number of hydrogen-bond donors (Lipinski definition) is 0. The maximum Gasteiger partial charge on any atom is 0.159 e. The highest BCUT2D eigenvalue weighted by Crippen LogP contribution is 2.33. The van der Waals surface area contributed by atoms with E-state index in [2.05, 4.69) is 18.8 Å². The van der Waals surface area contributed by atoms with Gasteiger partial charge in [-0.05, 0) is 23.6 Å². The SMILES string of the molecule is CC(C)c1nc(-c2cc(F)c(F)cc2C(C)C)cs1. The fraction of sp³-hybridized carbons (Fsp3) is 0.400. The van der Waals surface area contributed by atoms with Gasteiger partial charge in [0.1, 0.15) is 0 Å². The van der Waals surface area contributed by atoms with Crippen LogP contribution in [0.4, 0.5) is 8.78 Å². The van der Waals surface area contributed by atoms with Crippen molar-refractivity contribution < 1.29 is 8.78 Å². The van der Waals surface area contributed by atoms with Crippen LogP contribution in [0.3, 0.4) is 0 Å². The molecule has 0 atom stereocenters. The molecule has 0 spiro atoms. The Labute approximate surface area is 116 Å². The van der Waals surface area contributed by atoms with Crippen molar-refractivity contribution in [3.05, 3.63) is 39.7 Å². The summed E-state index contributed by atoms with van der Waals surface area (Å²) < 4.78 is 26.9. The van der Waals surface area contributed by atoms with Gasteiger partial charge in [0.15, 0.2) is 11.6 Å². The van der Waals surface area contributed by atoms with Gasteiger partial charge in [-0.3, -0.25) is 0 Å². The summed E-state index contributed by atoms with van der Waals surface area (Å²) in [6.45, 7) is 8.06. The van der Waals surface area contributed by atoms with E-state index in [1.54, 1.807) is 11.3 Å². The molecule has 0 amide bonds. The number of hydrogen-bond acceptors (Lipinski definition) is 2. The van der Waals surface area contributed by atoms with E-state index in [-0.39, 0.29) is 5.92 Å². The van der Waals surface area contributed by atoms with Crippen molar-refractivity contribution in [1.82, 2.24) is 4.98 Å². The van der Waals surface area contributed by atoms with E-state index in [4.69, 9.17) is 0 Å². The Morgan fingerprint density at radius 2 is 1.63 bits per heavy atom. The van der Waals surface area contributed by atoms with Gasteiger partial charge in [-0.25, -0.2) is 13.8 Å². The zero-order valence-corrected chi connectivity index (χ0v) is 12.3. The van der Waals surface area contributed by atoms with Gasteiger partial charge in [-0.15, -0.1) is 11.3 Å². The first-order valence-electron chi connectivity index (χ1n) is 6.35. The minimum atomic E-state index is -0.821. The van der Waals surface area contributed by atoms with Crippen LogP contribution in [0.25, 0.3) is 11.3 Å². The molecule has 0 aliphatic heterocycles. The Kier molecular flexibility index (Phi) is 3.99. The Balaban J connectivity index is 2.56. The third-order valence-corrected chi connectivity index (χ3v) is 4.15. The smallest absolute Gasteiger partial charge is 0.159 e. The van der Waals surface area contributed by atoms with Gasteiger partial charge in [0.2, 0.25) is 0 Å². The van der Waals surface area contributed by atoms with Crippen LogP contribution in [-0.2, 0) is 0 Å². The Morgan fingerprint density at radius 1 is 1.00 bits per heavy atom. The summed E-state index contributed by atoms with van der Waals surface area (Å²) in [5, 5.41) is 2.92. The van der Waals surface area contributed by atoms with Crippen molar-refractivity contribution in [1.29, 1.82) is 0 Å². The predicted octanol–water partition coefficient (Wildman–Crippen LogP) is 5.34. The van der Waals surface area contributed by atoms with Gasteiger partial charge >= 0.3 is 0 Å². The summed E-state index contributed by atoms with van der Waals surface area (Å²) in [7, 11) is 0. The van der Waals surface area contributed by atoms with Crippen LogP contribution in [0.1, 0.15) is 50.1 Å². The van der Waals surface area contributed by atoms with Crippen molar-refractivity contribution in [2.75, 3.05) is 0 Å². The summed E-state index contributed by atoms with van der Waals surface area (Å²) in [5.74, 6) is -1.16. The quantitative estimate of drug-likeness (QED) is 0.740. The van der Waals surface area contributed by atoms with E-state index < -0.39 is 11.6 Å². The van der Waals surface area contributed by atoms with Gasteiger partial charge < -0.3 is 0 Å². The second kappa shape index (κ2) is 5.37. The first-order valence-corrected chi connectivity index (χ1v) is 7.22. The second-order valence-corrected chi connectivity index (χ2v) is 6.12. The topological polar surface area (TPSA) is 12.9 Å². The molecule has 1 aromatic heterocycles. The van der Waals surface area contributed by atoms with Crippen LogP contribution in [0.15, 0.2) is 17.5 Å². The van der Waals surface area contributed by atoms with Crippen molar-refractivity contribution in [3.8, 4) is 11.3 Å². The van der Waals surface area contributed by atoms with Crippen LogP contribution in [0.5, 0.6) is 0 Å². The van der Waals surface area contributed by atoms with Crippen LogP contribution in [0.2, 0.25) is 0 Å². The summed E-state index contributed by atoms with van der Waals surface area (Å²) in [5.41, 5.74) is 2.22.